The van der Waals surface area contributed by atoms with Crippen LogP contribution >= 0.6 is 0 Å². The van der Waals surface area contributed by atoms with E-state index in [0.29, 0.717) is 29.0 Å². The van der Waals surface area contributed by atoms with Crippen LogP contribution in [-0.2, 0) is 0 Å². The van der Waals surface area contributed by atoms with Crippen molar-refractivity contribution in [2.45, 2.75) is 38.1 Å². The Kier molecular flexibility index (Phi) is 5.93. The summed E-state index contributed by atoms with van der Waals surface area (Å²) >= 11 is 0. The molecule has 0 spiro atoms. The molecule has 0 saturated heterocycles. The van der Waals surface area contributed by atoms with Gasteiger partial charge in [-0.2, -0.15) is 0 Å². The monoisotopic (exact) mass is 405 g/mol. The first kappa shape index (κ1) is 19.9. The van der Waals surface area contributed by atoms with Gasteiger partial charge in [-0.3, -0.25) is 9.36 Å². The molecule has 6 nitrogen and oxygen atoms in total. The molecule has 6 heteroatoms. The van der Waals surface area contributed by atoms with Crippen molar-refractivity contribution in [3.63, 3.8) is 0 Å². The van der Waals surface area contributed by atoms with E-state index in [-0.39, 0.29) is 0 Å². The summed E-state index contributed by atoms with van der Waals surface area (Å²) in [5.41, 5.74) is 7.78. The highest BCUT2D eigenvalue weighted by Crippen LogP contribution is 2.33. The molecular weight excluding hydrogens is 378 g/mol. The lowest BCUT2D eigenvalue weighted by molar-refractivity contribution is 0.100. The third-order valence-electron chi connectivity index (χ3n) is 5.51. The minimum atomic E-state index is -0.433. The molecule has 0 atom stereocenters. The maximum absolute atomic E-state index is 12.0. The van der Waals surface area contributed by atoms with Gasteiger partial charge in [0.1, 0.15) is 0 Å². The first-order chi connectivity index (χ1) is 14.7. The number of aromatic nitrogens is 1. The number of amides is 1. The summed E-state index contributed by atoms with van der Waals surface area (Å²) < 4.78 is 13.4. The van der Waals surface area contributed by atoms with Crippen LogP contribution in [0.1, 0.15) is 42.5 Å². The lowest BCUT2D eigenvalue weighted by Crippen LogP contribution is -2.24. The number of benzene rings is 2. The number of rotatable bonds is 7. The van der Waals surface area contributed by atoms with Crippen molar-refractivity contribution >= 4 is 11.6 Å². The molecule has 30 heavy (non-hydrogen) atoms. The van der Waals surface area contributed by atoms with Gasteiger partial charge in [-0.25, -0.2) is 0 Å². The molecule has 2 aromatic carbocycles. The molecule has 0 aliphatic heterocycles. The number of carbonyl (C=O) groups excluding carboxylic acids is 1. The lowest BCUT2D eigenvalue weighted by Gasteiger charge is -2.25. The van der Waals surface area contributed by atoms with Crippen molar-refractivity contribution in [2.75, 3.05) is 12.4 Å². The zero-order chi connectivity index (χ0) is 20.9. The van der Waals surface area contributed by atoms with Crippen molar-refractivity contribution < 1.29 is 14.3 Å². The third-order valence-corrected chi connectivity index (χ3v) is 5.51. The number of nitrogens with two attached hydrogens (primary N) is 1. The quantitative estimate of drug-likeness (QED) is 0.572. The predicted molar refractivity (Wildman–Crippen MR) is 118 cm³/mol. The van der Waals surface area contributed by atoms with Crippen molar-refractivity contribution in [3.8, 4) is 23.1 Å². The molecule has 1 heterocycles. The zero-order valence-electron chi connectivity index (χ0n) is 17.1. The fourth-order valence-electron chi connectivity index (χ4n) is 3.96. The molecule has 0 unspecified atom stereocenters. The standard InChI is InChI=1S/C24H27N3O3/c1-29-21-10-5-6-11-22(21)30-23-12-7-15-27(23)18-13-14-19(24(25)28)20(16-18)26-17-8-3-2-4-9-17/h5-7,10-17,26H,2-4,8-9H2,1H3,(H2,25,28). The van der Waals surface area contributed by atoms with Crippen LogP contribution in [0, 0.1) is 0 Å². The van der Waals surface area contributed by atoms with Crippen LogP contribution < -0.4 is 20.5 Å². The number of hydrogen-bond donors (Lipinski definition) is 2. The van der Waals surface area contributed by atoms with Gasteiger partial charge < -0.3 is 20.5 Å². The van der Waals surface area contributed by atoms with E-state index in [1.807, 2.05) is 59.3 Å². The Morgan fingerprint density at radius 2 is 1.80 bits per heavy atom. The average Bonchev–Trinajstić information content (AvgIpc) is 3.23. The number of ether oxygens (including phenoxy) is 2. The Morgan fingerprint density at radius 3 is 2.53 bits per heavy atom. The van der Waals surface area contributed by atoms with Gasteiger partial charge >= 0.3 is 0 Å². The van der Waals surface area contributed by atoms with Crippen molar-refractivity contribution in [2.24, 2.45) is 5.73 Å². The molecule has 1 saturated carbocycles. The predicted octanol–water partition coefficient (Wildman–Crippen LogP) is 5.12. The number of anilines is 1. The van der Waals surface area contributed by atoms with E-state index in [4.69, 9.17) is 15.2 Å². The summed E-state index contributed by atoms with van der Waals surface area (Å²) in [7, 11) is 1.62. The Labute approximate surface area is 176 Å². The Morgan fingerprint density at radius 1 is 1.03 bits per heavy atom. The summed E-state index contributed by atoms with van der Waals surface area (Å²) in [4.78, 5) is 12.0. The van der Waals surface area contributed by atoms with Crippen LogP contribution in [0.15, 0.2) is 60.8 Å². The van der Waals surface area contributed by atoms with Gasteiger partial charge in [0.2, 0.25) is 5.88 Å². The van der Waals surface area contributed by atoms with E-state index in [2.05, 4.69) is 5.32 Å². The van der Waals surface area contributed by atoms with E-state index in [9.17, 15) is 4.79 Å². The van der Waals surface area contributed by atoms with Crippen molar-refractivity contribution in [3.05, 3.63) is 66.4 Å². The molecule has 0 radical (unpaired) electrons. The number of para-hydroxylation sites is 2. The van der Waals surface area contributed by atoms with Crippen LogP contribution in [-0.4, -0.2) is 23.6 Å². The lowest BCUT2D eigenvalue weighted by atomic mass is 9.95. The largest absolute Gasteiger partial charge is 0.493 e. The molecule has 4 rings (SSSR count). The number of carbonyl (C=O) groups is 1. The number of nitrogens with one attached hydrogen (secondary N) is 1. The SMILES string of the molecule is COc1ccccc1Oc1cccn1-c1ccc(C(N)=O)c(NC2CCCCC2)c1. The number of nitrogens with zero attached hydrogens (tertiary/aromatic N) is 1. The fourth-order valence-corrected chi connectivity index (χ4v) is 3.96. The van der Waals surface area contributed by atoms with E-state index < -0.39 is 5.91 Å². The maximum atomic E-state index is 12.0. The Bertz CT molecular complexity index is 1020. The highest BCUT2D eigenvalue weighted by Gasteiger charge is 2.18. The average molecular weight is 405 g/mol. The smallest absolute Gasteiger partial charge is 0.250 e. The van der Waals surface area contributed by atoms with Gasteiger partial charge in [0.05, 0.1) is 18.4 Å². The summed E-state index contributed by atoms with van der Waals surface area (Å²) in [5, 5.41) is 3.55. The van der Waals surface area contributed by atoms with E-state index >= 15 is 0 Å². The Balaban J connectivity index is 1.65. The van der Waals surface area contributed by atoms with Crippen LogP contribution in [0.5, 0.6) is 17.4 Å². The zero-order valence-corrected chi connectivity index (χ0v) is 17.1. The van der Waals surface area contributed by atoms with Gasteiger partial charge in [-0.05, 0) is 49.2 Å². The molecule has 1 aromatic heterocycles. The van der Waals surface area contributed by atoms with Gasteiger partial charge in [0.15, 0.2) is 11.5 Å². The van der Waals surface area contributed by atoms with Gasteiger partial charge in [-0.1, -0.05) is 31.4 Å². The molecule has 0 bridgehead atoms. The highest BCUT2D eigenvalue weighted by molar-refractivity contribution is 5.99. The molecule has 1 amide bonds. The minimum Gasteiger partial charge on any atom is -0.493 e. The maximum Gasteiger partial charge on any atom is 0.250 e. The second kappa shape index (κ2) is 8.95. The number of methoxy groups -OCH3 is 1. The second-order valence-corrected chi connectivity index (χ2v) is 7.54. The minimum absolute atomic E-state index is 0.362. The second-order valence-electron chi connectivity index (χ2n) is 7.54. The van der Waals surface area contributed by atoms with Crippen LogP contribution in [0.4, 0.5) is 5.69 Å². The van der Waals surface area contributed by atoms with Crippen LogP contribution in [0.3, 0.4) is 0 Å². The molecule has 1 aliphatic carbocycles. The van der Waals surface area contributed by atoms with E-state index in [1.165, 1.54) is 19.3 Å². The van der Waals surface area contributed by atoms with E-state index in [0.717, 1.165) is 24.2 Å². The van der Waals surface area contributed by atoms with Crippen molar-refractivity contribution in [1.29, 1.82) is 0 Å². The van der Waals surface area contributed by atoms with Crippen LogP contribution in [0.2, 0.25) is 0 Å². The van der Waals surface area contributed by atoms with E-state index in [1.54, 1.807) is 13.2 Å². The summed E-state index contributed by atoms with van der Waals surface area (Å²) in [5.74, 6) is 1.51. The molecular formula is C24H27N3O3. The molecule has 1 fully saturated rings. The number of hydrogen-bond acceptors (Lipinski definition) is 4. The highest BCUT2D eigenvalue weighted by atomic mass is 16.5. The first-order valence-electron chi connectivity index (χ1n) is 10.3. The van der Waals surface area contributed by atoms with Crippen LogP contribution in [0.25, 0.3) is 5.69 Å². The van der Waals surface area contributed by atoms with Crippen molar-refractivity contribution in [1.82, 2.24) is 4.57 Å². The molecule has 3 N–H and O–H groups in total. The fraction of sp³-hybridized carbons (Fsp3) is 0.292. The first-order valence-corrected chi connectivity index (χ1v) is 10.3. The third kappa shape index (κ3) is 4.27. The molecule has 156 valence electrons. The summed E-state index contributed by atoms with van der Waals surface area (Å²) in [6, 6.07) is 17.3. The normalized spacial score (nSPS) is 14.3. The molecule has 3 aromatic rings. The summed E-state index contributed by atoms with van der Waals surface area (Å²) in [6.45, 7) is 0. The van der Waals surface area contributed by atoms with Gasteiger partial charge in [-0.15, -0.1) is 0 Å². The summed E-state index contributed by atoms with van der Waals surface area (Å²) in [6.07, 6.45) is 7.82. The Hall–Kier alpha value is -3.41. The van der Waals surface area contributed by atoms with Gasteiger partial charge in [0, 0.05) is 24.0 Å². The molecule has 1 aliphatic rings. The number of primary amides is 1. The topological polar surface area (TPSA) is 78.5 Å². The van der Waals surface area contributed by atoms with Gasteiger partial charge in [0.25, 0.3) is 5.91 Å².